The summed E-state index contributed by atoms with van der Waals surface area (Å²) >= 11 is 0. The van der Waals surface area contributed by atoms with Crippen LogP contribution in [0.4, 0.5) is 5.82 Å². The van der Waals surface area contributed by atoms with E-state index >= 15 is 0 Å². The molecule has 0 radical (unpaired) electrons. The van der Waals surface area contributed by atoms with Crippen molar-refractivity contribution in [1.29, 1.82) is 0 Å². The van der Waals surface area contributed by atoms with E-state index in [2.05, 4.69) is 10.3 Å². The molecular formula is C23H31N3O2. The van der Waals surface area contributed by atoms with Crippen molar-refractivity contribution in [3.8, 4) is 0 Å². The monoisotopic (exact) mass is 381 g/mol. The van der Waals surface area contributed by atoms with Gasteiger partial charge < -0.3 is 10.2 Å². The van der Waals surface area contributed by atoms with Gasteiger partial charge in [0.25, 0.3) is 0 Å². The van der Waals surface area contributed by atoms with Crippen molar-refractivity contribution < 1.29 is 9.59 Å². The lowest BCUT2D eigenvalue weighted by Crippen LogP contribution is -2.56. The number of piperidine rings is 1. The van der Waals surface area contributed by atoms with E-state index in [-0.39, 0.29) is 17.2 Å². The van der Waals surface area contributed by atoms with E-state index in [0.717, 1.165) is 62.0 Å². The summed E-state index contributed by atoms with van der Waals surface area (Å²) in [6.07, 6.45) is 10.8. The summed E-state index contributed by atoms with van der Waals surface area (Å²) in [6, 6.07) is 3.82. The Kier molecular flexibility index (Phi) is 4.44. The largest absolute Gasteiger partial charge is 0.341 e. The Morgan fingerprint density at radius 1 is 1.14 bits per heavy atom. The number of nitrogens with one attached hydrogen (secondary N) is 1. The van der Waals surface area contributed by atoms with E-state index in [1.807, 2.05) is 24.0 Å². The van der Waals surface area contributed by atoms with Gasteiger partial charge in [-0.2, -0.15) is 0 Å². The van der Waals surface area contributed by atoms with Gasteiger partial charge in [0.05, 0.1) is 11.3 Å². The zero-order chi connectivity index (χ0) is 19.3. The lowest BCUT2D eigenvalue weighted by Gasteiger charge is -2.57. The number of likely N-dealkylation sites (tertiary alicyclic amines) is 1. The van der Waals surface area contributed by atoms with Crippen molar-refractivity contribution >= 4 is 17.6 Å². The van der Waals surface area contributed by atoms with Crippen molar-refractivity contribution in [2.75, 3.05) is 18.4 Å². The molecule has 4 bridgehead atoms. The predicted molar refractivity (Wildman–Crippen MR) is 108 cm³/mol. The summed E-state index contributed by atoms with van der Waals surface area (Å²) in [7, 11) is 0. The summed E-state index contributed by atoms with van der Waals surface area (Å²) in [5, 5.41) is 2.99. The van der Waals surface area contributed by atoms with Crippen molar-refractivity contribution in [1.82, 2.24) is 9.88 Å². The molecule has 2 heterocycles. The number of aryl methyl sites for hydroxylation is 1. The van der Waals surface area contributed by atoms with E-state index in [4.69, 9.17) is 0 Å². The van der Waals surface area contributed by atoms with Gasteiger partial charge in [0.1, 0.15) is 5.82 Å². The highest BCUT2D eigenvalue weighted by Crippen LogP contribution is 2.60. The van der Waals surface area contributed by atoms with Gasteiger partial charge in [0, 0.05) is 19.3 Å². The van der Waals surface area contributed by atoms with Gasteiger partial charge in [-0.3, -0.25) is 9.59 Å². The van der Waals surface area contributed by atoms with Gasteiger partial charge in [-0.15, -0.1) is 0 Å². The first-order chi connectivity index (χ1) is 13.5. The van der Waals surface area contributed by atoms with E-state index in [1.165, 1.54) is 19.3 Å². The van der Waals surface area contributed by atoms with Crippen molar-refractivity contribution in [2.24, 2.45) is 29.1 Å². The first-order valence-corrected chi connectivity index (χ1v) is 11.0. The zero-order valence-corrected chi connectivity index (χ0v) is 16.8. The van der Waals surface area contributed by atoms with Gasteiger partial charge in [0.15, 0.2) is 0 Å². The Balaban J connectivity index is 1.27. The quantitative estimate of drug-likeness (QED) is 0.867. The Morgan fingerprint density at radius 3 is 2.46 bits per heavy atom. The summed E-state index contributed by atoms with van der Waals surface area (Å²) in [5.41, 5.74) is 0.859. The molecule has 1 unspecified atom stereocenters. The topological polar surface area (TPSA) is 62.3 Å². The number of hydrogen-bond donors (Lipinski definition) is 1. The molecule has 0 spiro atoms. The van der Waals surface area contributed by atoms with E-state index in [1.54, 1.807) is 6.20 Å². The van der Waals surface area contributed by atoms with Crippen LogP contribution < -0.4 is 5.32 Å². The lowest BCUT2D eigenvalue weighted by molar-refractivity contribution is -0.159. The van der Waals surface area contributed by atoms with Crippen LogP contribution in [-0.2, 0) is 9.59 Å². The fraction of sp³-hybridized carbons (Fsp3) is 0.696. The molecule has 2 amide bonds. The van der Waals surface area contributed by atoms with Crippen LogP contribution in [0.3, 0.4) is 0 Å². The van der Waals surface area contributed by atoms with Crippen LogP contribution in [0.2, 0.25) is 0 Å². The average molecular weight is 382 g/mol. The van der Waals surface area contributed by atoms with Gasteiger partial charge in [-0.1, -0.05) is 6.07 Å². The maximum Gasteiger partial charge on any atom is 0.230 e. The predicted octanol–water partition coefficient (Wildman–Crippen LogP) is 3.78. The van der Waals surface area contributed by atoms with Gasteiger partial charge in [-0.05, 0) is 87.7 Å². The lowest BCUT2D eigenvalue weighted by atomic mass is 9.49. The molecule has 1 saturated heterocycles. The minimum atomic E-state index is -0.131. The number of amides is 2. The molecule has 1 aliphatic heterocycles. The Hall–Kier alpha value is -1.91. The van der Waals surface area contributed by atoms with Crippen molar-refractivity contribution in [2.45, 2.75) is 58.3 Å². The molecule has 0 aromatic carbocycles. The Labute approximate surface area is 167 Å². The van der Waals surface area contributed by atoms with Crippen LogP contribution in [0.1, 0.15) is 56.9 Å². The first-order valence-electron chi connectivity index (χ1n) is 11.0. The summed E-state index contributed by atoms with van der Waals surface area (Å²) < 4.78 is 0. The molecule has 4 aliphatic carbocycles. The normalized spacial score (nSPS) is 36.4. The number of rotatable bonds is 3. The number of carbonyl (C=O) groups is 2. The third-order valence-electron chi connectivity index (χ3n) is 7.82. The van der Waals surface area contributed by atoms with E-state index < -0.39 is 0 Å². The van der Waals surface area contributed by atoms with E-state index in [0.29, 0.717) is 18.3 Å². The molecule has 5 heteroatoms. The SMILES string of the molecule is Cc1cccnc1NC(=O)C1CCCN(C(=O)C23CC4CC(CC(C4)C2)C3)C1. The molecular weight excluding hydrogens is 350 g/mol. The standard InChI is InChI=1S/C23H31N3O2/c1-15-4-2-6-24-20(15)25-21(27)19-5-3-7-26(14-19)22(28)23-11-16-8-17(12-23)10-18(9-16)13-23/h2,4,6,16-19H,3,5,7-14H2,1H3,(H,24,25,27). The molecule has 6 rings (SSSR count). The summed E-state index contributed by atoms with van der Waals surface area (Å²) in [4.78, 5) is 32.8. The van der Waals surface area contributed by atoms with Gasteiger partial charge >= 0.3 is 0 Å². The minimum absolute atomic E-state index is 0.00446. The molecule has 5 fully saturated rings. The fourth-order valence-corrected chi connectivity index (χ4v) is 6.92. The van der Waals surface area contributed by atoms with Gasteiger partial charge in [-0.25, -0.2) is 4.98 Å². The molecule has 28 heavy (non-hydrogen) atoms. The molecule has 1 aromatic heterocycles. The summed E-state index contributed by atoms with van der Waals surface area (Å²) in [6.45, 7) is 3.33. The molecule has 1 atom stereocenters. The third-order valence-corrected chi connectivity index (χ3v) is 7.82. The van der Waals surface area contributed by atoms with Crippen molar-refractivity contribution in [3.63, 3.8) is 0 Å². The van der Waals surface area contributed by atoms with E-state index in [9.17, 15) is 9.59 Å². The van der Waals surface area contributed by atoms with Crippen LogP contribution in [0.15, 0.2) is 18.3 Å². The number of pyridine rings is 1. The third kappa shape index (κ3) is 3.13. The van der Waals surface area contributed by atoms with Crippen LogP contribution in [0.5, 0.6) is 0 Å². The molecule has 1 N–H and O–H groups in total. The average Bonchev–Trinajstić information content (AvgIpc) is 2.68. The second-order valence-electron chi connectivity index (χ2n) is 9.95. The highest BCUT2D eigenvalue weighted by molar-refractivity contribution is 5.93. The molecule has 4 saturated carbocycles. The summed E-state index contributed by atoms with van der Waals surface area (Å²) in [5.74, 6) is 3.18. The van der Waals surface area contributed by atoms with Gasteiger partial charge in [0.2, 0.25) is 11.8 Å². The van der Waals surface area contributed by atoms with Crippen LogP contribution in [-0.4, -0.2) is 34.8 Å². The molecule has 150 valence electrons. The number of aromatic nitrogens is 1. The highest BCUT2D eigenvalue weighted by atomic mass is 16.2. The van der Waals surface area contributed by atoms with Crippen LogP contribution >= 0.6 is 0 Å². The maximum atomic E-state index is 13.6. The molecule has 1 aromatic rings. The second kappa shape index (κ2) is 6.85. The first kappa shape index (κ1) is 18.1. The Bertz CT molecular complexity index is 755. The zero-order valence-electron chi connectivity index (χ0n) is 16.8. The second-order valence-corrected chi connectivity index (χ2v) is 9.95. The van der Waals surface area contributed by atoms with Crippen LogP contribution in [0, 0.1) is 36.0 Å². The smallest absolute Gasteiger partial charge is 0.230 e. The number of nitrogens with zero attached hydrogens (tertiary/aromatic N) is 2. The highest BCUT2D eigenvalue weighted by Gasteiger charge is 2.55. The van der Waals surface area contributed by atoms with Crippen LogP contribution in [0.25, 0.3) is 0 Å². The number of anilines is 1. The molecule has 5 nitrogen and oxygen atoms in total. The fourth-order valence-electron chi connectivity index (χ4n) is 6.92. The molecule has 5 aliphatic rings. The van der Waals surface area contributed by atoms with Crippen molar-refractivity contribution in [3.05, 3.63) is 23.9 Å². The Morgan fingerprint density at radius 2 is 1.82 bits per heavy atom. The maximum absolute atomic E-state index is 13.6. The minimum Gasteiger partial charge on any atom is -0.341 e. The number of carbonyl (C=O) groups excluding carboxylic acids is 2. The number of hydrogen-bond acceptors (Lipinski definition) is 3.